The Morgan fingerprint density at radius 1 is 1.30 bits per heavy atom. The molecule has 20 heavy (non-hydrogen) atoms. The Kier molecular flexibility index (Phi) is 5.18. The Bertz CT molecular complexity index is 637. The van der Waals surface area contributed by atoms with E-state index in [1.807, 2.05) is 18.2 Å². The maximum atomic E-state index is 13.5. The SMILES string of the molecule is COc1cccc(Br)c1COc1cc(F)c(S)cc1Cl. The molecule has 0 aliphatic carbocycles. The molecule has 0 amide bonds. The van der Waals surface area contributed by atoms with Crippen LogP contribution in [-0.2, 0) is 6.61 Å². The van der Waals surface area contributed by atoms with Gasteiger partial charge in [-0.05, 0) is 18.2 Å². The zero-order valence-electron chi connectivity index (χ0n) is 10.5. The fourth-order valence-electron chi connectivity index (χ4n) is 1.65. The van der Waals surface area contributed by atoms with Gasteiger partial charge in [-0.1, -0.05) is 33.6 Å². The molecule has 0 unspecified atom stereocenters. The minimum Gasteiger partial charge on any atom is -0.496 e. The van der Waals surface area contributed by atoms with E-state index in [2.05, 4.69) is 28.6 Å². The standard InChI is InChI=1S/C14H11BrClFO2S/c1-18-12-4-2-3-9(15)8(12)7-19-13-6-11(17)14(20)5-10(13)16/h2-6,20H,7H2,1H3. The number of ether oxygens (including phenoxy) is 2. The van der Waals surface area contributed by atoms with E-state index in [1.165, 1.54) is 12.1 Å². The van der Waals surface area contributed by atoms with Crippen LogP contribution in [0.3, 0.4) is 0 Å². The van der Waals surface area contributed by atoms with Crippen LogP contribution in [-0.4, -0.2) is 7.11 Å². The van der Waals surface area contributed by atoms with Crippen molar-refractivity contribution in [3.8, 4) is 11.5 Å². The molecule has 6 heteroatoms. The van der Waals surface area contributed by atoms with E-state index in [1.54, 1.807) is 7.11 Å². The first-order valence-corrected chi connectivity index (χ1v) is 7.27. The largest absolute Gasteiger partial charge is 0.496 e. The monoisotopic (exact) mass is 376 g/mol. The highest BCUT2D eigenvalue weighted by molar-refractivity contribution is 9.10. The first-order valence-electron chi connectivity index (χ1n) is 5.65. The first kappa shape index (κ1) is 15.5. The maximum Gasteiger partial charge on any atom is 0.141 e. The lowest BCUT2D eigenvalue weighted by molar-refractivity contribution is 0.294. The van der Waals surface area contributed by atoms with Crippen LogP contribution >= 0.6 is 40.2 Å². The van der Waals surface area contributed by atoms with Gasteiger partial charge in [0.2, 0.25) is 0 Å². The summed E-state index contributed by atoms with van der Waals surface area (Å²) in [6, 6.07) is 8.18. The molecule has 0 N–H and O–H groups in total. The maximum absolute atomic E-state index is 13.5. The van der Waals surface area contributed by atoms with Gasteiger partial charge in [-0.3, -0.25) is 0 Å². The van der Waals surface area contributed by atoms with E-state index in [0.29, 0.717) is 10.8 Å². The van der Waals surface area contributed by atoms with E-state index < -0.39 is 5.82 Å². The lowest BCUT2D eigenvalue weighted by Crippen LogP contribution is -2.00. The molecule has 0 bridgehead atoms. The number of rotatable bonds is 4. The van der Waals surface area contributed by atoms with Crippen molar-refractivity contribution in [3.63, 3.8) is 0 Å². The molecular formula is C14H11BrClFO2S. The van der Waals surface area contributed by atoms with Crippen molar-refractivity contribution in [3.05, 3.63) is 51.2 Å². The molecule has 0 saturated carbocycles. The molecule has 0 aliphatic rings. The Morgan fingerprint density at radius 2 is 2.05 bits per heavy atom. The summed E-state index contributed by atoms with van der Waals surface area (Å²) in [5.74, 6) is 0.466. The molecule has 0 aromatic heterocycles. The van der Waals surface area contributed by atoms with Gasteiger partial charge < -0.3 is 9.47 Å². The van der Waals surface area contributed by atoms with E-state index in [4.69, 9.17) is 21.1 Å². The molecule has 0 fully saturated rings. The molecule has 0 radical (unpaired) electrons. The summed E-state index contributed by atoms with van der Waals surface area (Å²) in [6.07, 6.45) is 0. The van der Waals surface area contributed by atoms with Crippen LogP contribution in [0.15, 0.2) is 39.7 Å². The zero-order chi connectivity index (χ0) is 14.7. The Hall–Kier alpha value is -0.910. The van der Waals surface area contributed by atoms with E-state index in [9.17, 15) is 4.39 Å². The number of hydrogen-bond acceptors (Lipinski definition) is 3. The van der Waals surface area contributed by atoms with Crippen molar-refractivity contribution < 1.29 is 13.9 Å². The normalized spacial score (nSPS) is 10.4. The summed E-state index contributed by atoms with van der Waals surface area (Å²) in [5, 5.41) is 0.308. The molecule has 0 heterocycles. The molecule has 2 nitrogen and oxygen atoms in total. The Morgan fingerprint density at radius 3 is 2.75 bits per heavy atom. The third-order valence-electron chi connectivity index (χ3n) is 2.67. The summed E-state index contributed by atoms with van der Waals surface area (Å²) in [4.78, 5) is 0.181. The van der Waals surface area contributed by atoms with Gasteiger partial charge in [0.05, 0.1) is 12.1 Å². The fourth-order valence-corrected chi connectivity index (χ4v) is 2.60. The summed E-state index contributed by atoms with van der Waals surface area (Å²) < 4.78 is 25.1. The van der Waals surface area contributed by atoms with Gasteiger partial charge in [0.1, 0.15) is 23.9 Å². The molecular weight excluding hydrogens is 367 g/mol. The third-order valence-corrected chi connectivity index (χ3v) is 4.05. The average Bonchev–Trinajstić information content (AvgIpc) is 2.42. The van der Waals surface area contributed by atoms with Crippen LogP contribution < -0.4 is 9.47 Å². The van der Waals surface area contributed by atoms with Crippen molar-refractivity contribution in [2.75, 3.05) is 7.11 Å². The van der Waals surface area contributed by atoms with Crippen LogP contribution in [0.1, 0.15) is 5.56 Å². The molecule has 106 valence electrons. The zero-order valence-corrected chi connectivity index (χ0v) is 13.7. The quantitative estimate of drug-likeness (QED) is 0.746. The van der Waals surface area contributed by atoms with Crippen LogP contribution in [0.2, 0.25) is 5.02 Å². The van der Waals surface area contributed by atoms with Crippen LogP contribution in [0, 0.1) is 5.82 Å². The highest BCUT2D eigenvalue weighted by Gasteiger charge is 2.11. The van der Waals surface area contributed by atoms with Crippen LogP contribution in [0.5, 0.6) is 11.5 Å². The number of methoxy groups -OCH3 is 1. The minimum atomic E-state index is -0.480. The van der Waals surface area contributed by atoms with Gasteiger partial charge in [0, 0.05) is 21.0 Å². The molecule has 0 spiro atoms. The average molecular weight is 378 g/mol. The lowest BCUT2D eigenvalue weighted by Gasteiger charge is -2.13. The summed E-state index contributed by atoms with van der Waals surface area (Å²) >= 11 is 13.4. The highest BCUT2D eigenvalue weighted by Crippen LogP contribution is 2.32. The topological polar surface area (TPSA) is 18.5 Å². The Labute approximate surface area is 135 Å². The molecule has 0 aliphatic heterocycles. The smallest absolute Gasteiger partial charge is 0.141 e. The predicted molar refractivity (Wildman–Crippen MR) is 83.7 cm³/mol. The highest BCUT2D eigenvalue weighted by atomic mass is 79.9. The second-order valence-corrected chi connectivity index (χ2v) is 5.69. The van der Waals surface area contributed by atoms with Crippen LogP contribution in [0.25, 0.3) is 0 Å². The van der Waals surface area contributed by atoms with Gasteiger partial charge in [0.15, 0.2) is 0 Å². The second-order valence-electron chi connectivity index (χ2n) is 3.94. The molecule has 2 aromatic carbocycles. The molecule has 2 rings (SSSR count). The van der Waals surface area contributed by atoms with Crippen molar-refractivity contribution in [1.82, 2.24) is 0 Å². The predicted octanol–water partition coefficient (Wildman–Crippen LogP) is 5.12. The number of thiol groups is 1. The van der Waals surface area contributed by atoms with E-state index >= 15 is 0 Å². The molecule has 0 saturated heterocycles. The van der Waals surface area contributed by atoms with Crippen molar-refractivity contribution >= 4 is 40.2 Å². The molecule has 2 aromatic rings. The van der Waals surface area contributed by atoms with Crippen molar-refractivity contribution in [2.45, 2.75) is 11.5 Å². The summed E-state index contributed by atoms with van der Waals surface area (Å²) in [7, 11) is 1.58. The second kappa shape index (κ2) is 6.70. The lowest BCUT2D eigenvalue weighted by atomic mass is 10.2. The molecule has 0 atom stereocenters. The Balaban J connectivity index is 2.23. The number of benzene rings is 2. The van der Waals surface area contributed by atoms with Gasteiger partial charge in [-0.15, -0.1) is 12.6 Å². The summed E-state index contributed by atoms with van der Waals surface area (Å²) in [5.41, 5.74) is 0.821. The van der Waals surface area contributed by atoms with Crippen molar-refractivity contribution in [2.24, 2.45) is 0 Å². The van der Waals surface area contributed by atoms with E-state index in [-0.39, 0.29) is 17.3 Å². The first-order chi connectivity index (χ1) is 9.52. The summed E-state index contributed by atoms with van der Waals surface area (Å²) in [6.45, 7) is 0.204. The van der Waals surface area contributed by atoms with Crippen LogP contribution in [0.4, 0.5) is 4.39 Å². The number of halogens is 3. The number of hydrogen-bond donors (Lipinski definition) is 1. The van der Waals surface area contributed by atoms with Gasteiger partial charge in [-0.2, -0.15) is 0 Å². The van der Waals surface area contributed by atoms with E-state index in [0.717, 1.165) is 10.0 Å². The minimum absolute atomic E-state index is 0.181. The van der Waals surface area contributed by atoms with Gasteiger partial charge in [0.25, 0.3) is 0 Å². The van der Waals surface area contributed by atoms with Gasteiger partial charge in [-0.25, -0.2) is 4.39 Å². The van der Waals surface area contributed by atoms with Crippen molar-refractivity contribution in [1.29, 1.82) is 0 Å². The van der Waals surface area contributed by atoms with Gasteiger partial charge >= 0.3 is 0 Å². The third kappa shape index (κ3) is 3.40. The fraction of sp³-hybridized carbons (Fsp3) is 0.143.